The molecule has 0 aliphatic carbocycles. The van der Waals surface area contributed by atoms with E-state index in [0.29, 0.717) is 23.6 Å². The first-order valence-corrected chi connectivity index (χ1v) is 10.0. The molecule has 1 aliphatic heterocycles. The Morgan fingerprint density at radius 3 is 2.71 bits per heavy atom. The van der Waals surface area contributed by atoms with Crippen LogP contribution in [-0.4, -0.2) is 42.0 Å². The number of thiazole rings is 1. The Morgan fingerprint density at radius 1 is 1.29 bits per heavy atom. The van der Waals surface area contributed by atoms with E-state index < -0.39 is 11.9 Å². The van der Waals surface area contributed by atoms with Gasteiger partial charge in [0.2, 0.25) is 0 Å². The van der Waals surface area contributed by atoms with Gasteiger partial charge in [-0.3, -0.25) is 9.89 Å². The van der Waals surface area contributed by atoms with Crippen LogP contribution in [0, 0.1) is 0 Å². The quantitative estimate of drug-likeness (QED) is 0.586. The molecule has 0 spiro atoms. The molecule has 0 bridgehead atoms. The second-order valence-corrected chi connectivity index (χ2v) is 7.71. The van der Waals surface area contributed by atoms with Crippen molar-refractivity contribution in [1.82, 2.24) is 20.5 Å². The van der Waals surface area contributed by atoms with Crippen LogP contribution < -0.4 is 10.6 Å². The van der Waals surface area contributed by atoms with E-state index in [9.17, 15) is 13.2 Å². The standard InChI is InChI=1S/C19H24F3N5S/c1-13(27-8-7-14-5-3-4-6-15(14)11-27)9-24-18(23-2)25-10-17-26-16(12-28-17)19(20,21)22/h3-6,12-13H,7-11H2,1-2H3,(H2,23,24,25). The molecule has 0 amide bonds. The van der Waals surface area contributed by atoms with Gasteiger partial charge >= 0.3 is 6.18 Å². The molecular formula is C19H24F3N5S. The number of rotatable bonds is 5. The Kier molecular flexibility index (Phi) is 6.56. The molecule has 1 aliphatic rings. The highest BCUT2D eigenvalue weighted by molar-refractivity contribution is 7.09. The lowest BCUT2D eigenvalue weighted by Crippen LogP contribution is -2.47. The fourth-order valence-electron chi connectivity index (χ4n) is 3.17. The zero-order valence-electron chi connectivity index (χ0n) is 15.9. The van der Waals surface area contributed by atoms with Gasteiger partial charge in [-0.25, -0.2) is 4.98 Å². The van der Waals surface area contributed by atoms with E-state index in [1.54, 1.807) is 7.05 Å². The average molecular weight is 411 g/mol. The Bertz CT molecular complexity index is 818. The maximum atomic E-state index is 12.6. The molecule has 3 rings (SSSR count). The number of hydrogen-bond acceptors (Lipinski definition) is 4. The minimum atomic E-state index is -4.41. The molecule has 2 aromatic rings. The second-order valence-electron chi connectivity index (χ2n) is 6.77. The van der Waals surface area contributed by atoms with Crippen LogP contribution >= 0.6 is 11.3 Å². The molecule has 1 unspecified atom stereocenters. The molecule has 2 N–H and O–H groups in total. The highest BCUT2D eigenvalue weighted by Crippen LogP contribution is 2.29. The van der Waals surface area contributed by atoms with Crippen LogP contribution in [0.2, 0.25) is 0 Å². The molecule has 28 heavy (non-hydrogen) atoms. The van der Waals surface area contributed by atoms with Crippen molar-refractivity contribution in [2.75, 3.05) is 20.1 Å². The lowest BCUT2D eigenvalue weighted by atomic mass is 9.99. The maximum absolute atomic E-state index is 12.6. The SMILES string of the molecule is CN=C(NCc1nc(C(F)(F)F)cs1)NCC(C)N1CCc2ccccc2C1. The van der Waals surface area contributed by atoms with E-state index in [-0.39, 0.29) is 6.54 Å². The van der Waals surface area contributed by atoms with Gasteiger partial charge in [0.25, 0.3) is 0 Å². The van der Waals surface area contributed by atoms with E-state index in [1.807, 2.05) is 0 Å². The maximum Gasteiger partial charge on any atom is 0.434 e. The van der Waals surface area contributed by atoms with Gasteiger partial charge < -0.3 is 10.6 Å². The van der Waals surface area contributed by atoms with E-state index >= 15 is 0 Å². The minimum Gasteiger partial charge on any atom is -0.355 e. The highest BCUT2D eigenvalue weighted by Gasteiger charge is 2.33. The van der Waals surface area contributed by atoms with Gasteiger partial charge in [-0.1, -0.05) is 24.3 Å². The molecule has 1 atom stereocenters. The summed E-state index contributed by atoms with van der Waals surface area (Å²) in [6.45, 7) is 4.97. The fourth-order valence-corrected chi connectivity index (χ4v) is 3.91. The van der Waals surface area contributed by atoms with Gasteiger partial charge in [-0.15, -0.1) is 11.3 Å². The minimum absolute atomic E-state index is 0.200. The normalized spacial score (nSPS) is 16.5. The third-order valence-electron chi connectivity index (χ3n) is 4.82. The summed E-state index contributed by atoms with van der Waals surface area (Å²) in [5.41, 5.74) is 1.93. The Balaban J connectivity index is 1.47. The van der Waals surface area contributed by atoms with Crippen molar-refractivity contribution in [1.29, 1.82) is 0 Å². The predicted octanol–water partition coefficient (Wildman–Crippen LogP) is 3.27. The number of aliphatic imine (C=N–C) groups is 1. The summed E-state index contributed by atoms with van der Waals surface area (Å²) in [7, 11) is 1.64. The first kappa shape index (κ1) is 20.6. The number of alkyl halides is 3. The van der Waals surface area contributed by atoms with Crippen molar-refractivity contribution < 1.29 is 13.2 Å². The lowest BCUT2D eigenvalue weighted by Gasteiger charge is -2.34. The number of nitrogens with one attached hydrogen (secondary N) is 2. The average Bonchev–Trinajstić information content (AvgIpc) is 3.17. The molecule has 5 nitrogen and oxygen atoms in total. The second kappa shape index (κ2) is 8.91. The number of guanidine groups is 1. The highest BCUT2D eigenvalue weighted by atomic mass is 32.1. The zero-order valence-corrected chi connectivity index (χ0v) is 16.7. The summed E-state index contributed by atoms with van der Waals surface area (Å²) in [5.74, 6) is 0.549. The third-order valence-corrected chi connectivity index (χ3v) is 5.67. The first-order chi connectivity index (χ1) is 13.4. The molecule has 1 aromatic heterocycles. The zero-order chi connectivity index (χ0) is 20.1. The van der Waals surface area contributed by atoms with Gasteiger partial charge in [0.05, 0.1) is 6.54 Å². The van der Waals surface area contributed by atoms with Crippen LogP contribution in [0.3, 0.4) is 0 Å². The Morgan fingerprint density at radius 2 is 2.04 bits per heavy atom. The molecule has 0 fully saturated rings. The van der Waals surface area contributed by atoms with Crippen molar-refractivity contribution in [2.45, 2.75) is 38.7 Å². The Hall–Kier alpha value is -2.13. The van der Waals surface area contributed by atoms with E-state index in [2.05, 4.69) is 56.7 Å². The number of fused-ring (bicyclic) bond motifs is 1. The van der Waals surface area contributed by atoms with Crippen molar-refractivity contribution in [3.05, 3.63) is 51.5 Å². The predicted molar refractivity (Wildman–Crippen MR) is 105 cm³/mol. The molecular weight excluding hydrogens is 387 g/mol. The molecule has 152 valence electrons. The van der Waals surface area contributed by atoms with Crippen molar-refractivity contribution in [2.24, 2.45) is 4.99 Å². The molecule has 9 heteroatoms. The van der Waals surface area contributed by atoms with Gasteiger partial charge in [-0.05, 0) is 24.5 Å². The monoisotopic (exact) mass is 411 g/mol. The van der Waals surface area contributed by atoms with Crippen LogP contribution in [0.5, 0.6) is 0 Å². The molecule has 1 aromatic carbocycles. The summed E-state index contributed by atoms with van der Waals surface area (Å²) in [6, 6.07) is 8.80. The van der Waals surface area contributed by atoms with Crippen molar-refractivity contribution in [3.8, 4) is 0 Å². The van der Waals surface area contributed by atoms with Gasteiger partial charge in [0.1, 0.15) is 5.01 Å². The number of nitrogens with zero attached hydrogens (tertiary/aromatic N) is 3. The number of aromatic nitrogens is 1. The number of halogens is 3. The van der Waals surface area contributed by atoms with Gasteiger partial charge in [-0.2, -0.15) is 13.2 Å². The summed E-state index contributed by atoms with van der Waals surface area (Å²) >= 11 is 0.985. The molecule has 2 heterocycles. The smallest absolute Gasteiger partial charge is 0.355 e. The van der Waals surface area contributed by atoms with Crippen LogP contribution in [0.25, 0.3) is 0 Å². The van der Waals surface area contributed by atoms with Crippen molar-refractivity contribution in [3.63, 3.8) is 0 Å². The van der Waals surface area contributed by atoms with Crippen LogP contribution in [0.4, 0.5) is 13.2 Å². The van der Waals surface area contributed by atoms with Gasteiger partial charge in [0.15, 0.2) is 11.7 Å². The van der Waals surface area contributed by atoms with E-state index in [4.69, 9.17) is 0 Å². The molecule has 0 saturated heterocycles. The Labute approximate surface area is 166 Å². The topological polar surface area (TPSA) is 52.6 Å². The summed E-state index contributed by atoms with van der Waals surface area (Å²) in [4.78, 5) is 10.2. The molecule has 0 radical (unpaired) electrons. The first-order valence-electron chi connectivity index (χ1n) is 9.13. The summed E-state index contributed by atoms with van der Waals surface area (Å²) < 4.78 is 37.9. The van der Waals surface area contributed by atoms with E-state index in [1.165, 1.54) is 11.1 Å². The van der Waals surface area contributed by atoms with Gasteiger partial charge in [0, 0.05) is 38.1 Å². The summed E-state index contributed by atoms with van der Waals surface area (Å²) in [5, 5.41) is 7.68. The lowest BCUT2D eigenvalue weighted by molar-refractivity contribution is -0.140. The number of hydrogen-bond donors (Lipinski definition) is 2. The van der Waals surface area contributed by atoms with Crippen LogP contribution in [0.15, 0.2) is 34.6 Å². The fraction of sp³-hybridized carbons (Fsp3) is 0.474. The van der Waals surface area contributed by atoms with Crippen LogP contribution in [0.1, 0.15) is 28.8 Å². The van der Waals surface area contributed by atoms with Crippen LogP contribution in [-0.2, 0) is 25.7 Å². The number of benzene rings is 1. The third kappa shape index (κ3) is 5.23. The largest absolute Gasteiger partial charge is 0.434 e. The summed E-state index contributed by atoms with van der Waals surface area (Å²) in [6.07, 6.45) is -3.36. The van der Waals surface area contributed by atoms with E-state index in [0.717, 1.165) is 36.2 Å². The molecule has 0 saturated carbocycles. The van der Waals surface area contributed by atoms with Crippen molar-refractivity contribution >= 4 is 17.3 Å².